The van der Waals surface area contributed by atoms with Gasteiger partial charge in [0, 0.05) is 19.2 Å². The van der Waals surface area contributed by atoms with Crippen LogP contribution < -0.4 is 34.8 Å². The average Bonchev–Trinajstić information content (AvgIpc) is 2.20. The van der Waals surface area contributed by atoms with Gasteiger partial charge < -0.3 is 40.3 Å². The zero-order chi connectivity index (χ0) is 11.1. The molecule has 0 aromatic heterocycles. The molecule has 19 heavy (non-hydrogen) atoms. The Bertz CT molecular complexity index is 339. The first-order chi connectivity index (χ1) is 7.20. The Hall–Kier alpha value is -0.187. The second kappa shape index (κ2) is 15.9. The van der Waals surface area contributed by atoms with Crippen molar-refractivity contribution in [3.8, 4) is 5.75 Å². The minimum atomic E-state index is 0. The molecule has 0 heterocycles. The maximum Gasteiger partial charge on any atom is 2.00 e. The molecule has 0 spiro atoms. The Labute approximate surface area is 140 Å². The van der Waals surface area contributed by atoms with Crippen molar-refractivity contribution in [2.75, 3.05) is 27.2 Å². The maximum absolute atomic E-state index is 11.3. The first kappa shape index (κ1) is 27.2. The van der Waals surface area contributed by atoms with Crippen molar-refractivity contribution in [3.05, 3.63) is 29.8 Å². The number of quaternary nitrogens is 1. The third-order valence-corrected chi connectivity index (χ3v) is 2.11. The molecule has 0 unspecified atom stereocenters. The summed E-state index contributed by atoms with van der Waals surface area (Å²) in [6.07, 6.45) is 2.73. The van der Waals surface area contributed by atoms with Crippen molar-refractivity contribution >= 4 is 6.21 Å². The number of halogens is 2. The topological polar surface area (TPSA) is 71.4 Å². The fourth-order valence-corrected chi connectivity index (χ4v) is 1.27. The molecule has 1 aromatic carbocycles. The van der Waals surface area contributed by atoms with Gasteiger partial charge >= 0.3 is 19.5 Å². The van der Waals surface area contributed by atoms with Gasteiger partial charge in [0.1, 0.15) is 0 Å². The molecule has 0 fully saturated rings. The fourth-order valence-electron chi connectivity index (χ4n) is 1.27. The zero-order valence-corrected chi connectivity index (χ0v) is 15.8. The Balaban J connectivity index is -0.000000281. The molecule has 1 aromatic rings. The molecule has 0 amide bonds. The molecular formula is C12H20Cl2N2O2Zn. The first-order valence-electron chi connectivity index (χ1n) is 5.25. The molecule has 3 N–H and O–H groups in total. The van der Waals surface area contributed by atoms with Crippen LogP contribution in [0.25, 0.3) is 0 Å². The summed E-state index contributed by atoms with van der Waals surface area (Å²) < 4.78 is 0. The van der Waals surface area contributed by atoms with Crippen LogP contribution in [0.5, 0.6) is 5.75 Å². The number of rotatable bonds is 5. The van der Waals surface area contributed by atoms with Gasteiger partial charge in [0.2, 0.25) is 0 Å². The quantitative estimate of drug-likeness (QED) is 0.316. The van der Waals surface area contributed by atoms with Crippen LogP contribution in [0.1, 0.15) is 12.0 Å². The van der Waals surface area contributed by atoms with Gasteiger partial charge in [0.15, 0.2) is 0 Å². The molecule has 0 aliphatic carbocycles. The van der Waals surface area contributed by atoms with E-state index < -0.39 is 0 Å². The van der Waals surface area contributed by atoms with Crippen molar-refractivity contribution in [1.82, 2.24) is 0 Å². The van der Waals surface area contributed by atoms with Crippen molar-refractivity contribution in [1.29, 1.82) is 0 Å². The van der Waals surface area contributed by atoms with Gasteiger partial charge in [-0.15, -0.1) is 5.75 Å². The number of nitrogens with one attached hydrogen (secondary N) is 1. The normalized spacial score (nSPS) is 9.00. The van der Waals surface area contributed by atoms with Crippen molar-refractivity contribution in [2.24, 2.45) is 4.99 Å². The Morgan fingerprint density at radius 2 is 1.79 bits per heavy atom. The van der Waals surface area contributed by atoms with E-state index in [0.29, 0.717) is 5.56 Å². The molecule has 0 aliphatic heterocycles. The van der Waals surface area contributed by atoms with Crippen LogP contribution in [0, 0.1) is 0 Å². The van der Waals surface area contributed by atoms with Crippen LogP contribution in [0.4, 0.5) is 0 Å². The van der Waals surface area contributed by atoms with Gasteiger partial charge in [-0.2, -0.15) is 0 Å². The number of aliphatic imine (C=N–C) groups is 1. The van der Waals surface area contributed by atoms with E-state index in [1.165, 1.54) is 4.90 Å². The van der Waals surface area contributed by atoms with E-state index in [2.05, 4.69) is 19.1 Å². The maximum atomic E-state index is 11.3. The minimum Gasteiger partial charge on any atom is -1.00 e. The summed E-state index contributed by atoms with van der Waals surface area (Å²) in [5, 5.41) is 11.3. The van der Waals surface area contributed by atoms with E-state index in [4.69, 9.17) is 0 Å². The number of benzene rings is 1. The first-order valence-corrected chi connectivity index (χ1v) is 5.25. The molecule has 4 nitrogen and oxygen atoms in total. The summed E-state index contributed by atoms with van der Waals surface area (Å²) in [6.45, 7) is 1.90. The summed E-state index contributed by atoms with van der Waals surface area (Å²) in [4.78, 5) is 5.66. The van der Waals surface area contributed by atoms with E-state index in [-0.39, 0.29) is 55.5 Å². The summed E-state index contributed by atoms with van der Waals surface area (Å²) in [6, 6.07) is 6.95. The van der Waals surface area contributed by atoms with Gasteiger partial charge in [-0.05, 0) is 5.56 Å². The van der Waals surface area contributed by atoms with Gasteiger partial charge in [-0.25, -0.2) is 0 Å². The molecule has 106 valence electrons. The van der Waals surface area contributed by atoms with Gasteiger partial charge in [0.25, 0.3) is 0 Å². The summed E-state index contributed by atoms with van der Waals surface area (Å²) >= 11 is 0. The standard InChI is InChI=1S/C12H18N2O.2ClH.H2O.Zn/c1-14(2)9-5-8-13-10-11-6-3-4-7-12(11)15;;;;/h3-4,6-7,10,15H,5,8-9H2,1-2H3;2*1H;1H2;/q;;;;+2/p-2. The number of nitrogens with zero attached hydrogens (tertiary/aromatic N) is 1. The fraction of sp³-hybridized carbons (Fsp3) is 0.417. The monoisotopic (exact) mass is 358 g/mol. The molecule has 0 bridgehead atoms. The third-order valence-electron chi connectivity index (χ3n) is 2.11. The largest absolute Gasteiger partial charge is 2.00 e. The van der Waals surface area contributed by atoms with E-state index in [1.807, 2.05) is 6.07 Å². The van der Waals surface area contributed by atoms with E-state index in [1.54, 1.807) is 24.4 Å². The van der Waals surface area contributed by atoms with Crippen LogP contribution in [-0.2, 0) is 19.5 Å². The minimum absolute atomic E-state index is 0. The smallest absolute Gasteiger partial charge is 1.00 e. The molecule has 1 rings (SSSR count). The molecule has 0 atom stereocenters. The zero-order valence-electron chi connectivity index (χ0n) is 11.3. The number of para-hydroxylation sites is 1. The van der Waals surface area contributed by atoms with Gasteiger partial charge in [-0.1, -0.05) is 24.3 Å². The van der Waals surface area contributed by atoms with Crippen LogP contribution in [0.2, 0.25) is 0 Å². The predicted molar refractivity (Wildman–Crippen MR) is 64.3 cm³/mol. The summed E-state index contributed by atoms with van der Waals surface area (Å²) in [7, 11) is 4.24. The second-order valence-corrected chi connectivity index (χ2v) is 3.88. The Morgan fingerprint density at radius 3 is 2.32 bits per heavy atom. The molecule has 7 heteroatoms. The van der Waals surface area contributed by atoms with Crippen LogP contribution in [-0.4, -0.2) is 38.9 Å². The van der Waals surface area contributed by atoms with Crippen molar-refractivity contribution in [2.45, 2.75) is 6.42 Å². The van der Waals surface area contributed by atoms with E-state index in [9.17, 15) is 5.11 Å². The number of hydrogen-bond donors (Lipinski definition) is 1. The molecule has 0 saturated carbocycles. The molecule has 0 radical (unpaired) electrons. The molecule has 0 saturated heterocycles. The van der Waals surface area contributed by atoms with Crippen molar-refractivity contribution in [3.63, 3.8) is 0 Å². The Kier molecular flexibility index (Phi) is 22.7. The van der Waals surface area contributed by atoms with Gasteiger partial charge in [-0.3, -0.25) is 4.99 Å². The average molecular weight is 361 g/mol. The van der Waals surface area contributed by atoms with Gasteiger partial charge in [0.05, 0.1) is 20.6 Å². The van der Waals surface area contributed by atoms with E-state index >= 15 is 0 Å². The summed E-state index contributed by atoms with van der Waals surface area (Å²) in [5.41, 5.74) is 0.676. The van der Waals surface area contributed by atoms with E-state index in [0.717, 1.165) is 19.5 Å². The van der Waals surface area contributed by atoms with Crippen LogP contribution in [0.3, 0.4) is 0 Å². The van der Waals surface area contributed by atoms with Crippen LogP contribution >= 0.6 is 0 Å². The third kappa shape index (κ3) is 12.6. The van der Waals surface area contributed by atoms with Crippen molar-refractivity contribution < 1.29 is 59.8 Å². The predicted octanol–water partition coefficient (Wildman–Crippen LogP) is -7.11. The summed E-state index contributed by atoms with van der Waals surface area (Å²) in [5.74, 6) is 0.0412. The Morgan fingerprint density at radius 1 is 1.21 bits per heavy atom. The van der Waals surface area contributed by atoms with Crippen LogP contribution in [0.15, 0.2) is 29.3 Å². The second-order valence-electron chi connectivity index (χ2n) is 3.88. The number of hydrogen-bond acceptors (Lipinski definition) is 2. The molecule has 0 aliphatic rings. The molecular weight excluding hydrogens is 340 g/mol. The SMILES string of the molecule is C[NH+](C)CCCN=Cc1ccccc1[O-].O.[Cl-].[Cl-].[Zn+2].